The van der Waals surface area contributed by atoms with Crippen LogP contribution < -0.4 is 0 Å². The van der Waals surface area contributed by atoms with Gasteiger partial charge in [0.2, 0.25) is 0 Å². The van der Waals surface area contributed by atoms with Crippen molar-refractivity contribution in [2.45, 2.75) is 0 Å². The van der Waals surface area contributed by atoms with Crippen LogP contribution in [0.3, 0.4) is 0 Å². The van der Waals surface area contributed by atoms with Crippen LogP contribution in [0.15, 0.2) is 15.9 Å². The number of halogens is 1. The van der Waals surface area contributed by atoms with Crippen LogP contribution in [-0.2, 0) is 0 Å². The zero-order chi connectivity index (χ0) is 4.41. The molecule has 0 aliphatic rings. The number of rotatable bonds is 0. The minimum absolute atomic E-state index is 1.14. The highest BCUT2D eigenvalue weighted by atomic mass is 79.9. The van der Waals surface area contributed by atoms with Crippen molar-refractivity contribution in [3.05, 3.63) is 21.3 Å². The zero-order valence-corrected chi connectivity index (χ0v) is 5.34. The average molecular weight is 162 g/mol. The minimum Gasteiger partial charge on any atom is -0.127 e. The second-order valence-electron chi connectivity index (χ2n) is 0.857. The molecule has 0 unspecified atom stereocenters. The maximum atomic E-state index is 3.27. The van der Waals surface area contributed by atoms with E-state index in [-0.39, 0.29) is 0 Å². The Labute approximate surface area is 48.9 Å². The molecule has 0 spiro atoms. The molecule has 0 aliphatic carbocycles. The van der Waals surface area contributed by atoms with Crippen LogP contribution in [0.25, 0.3) is 0 Å². The third-order valence-electron chi connectivity index (χ3n) is 0.439. The largest absolute Gasteiger partial charge is 0.127 e. The van der Waals surface area contributed by atoms with Gasteiger partial charge in [-0.15, -0.1) is 11.3 Å². The molecule has 1 aromatic rings. The molecule has 0 aliphatic heterocycles. The molecule has 0 N–H and O–H groups in total. The topological polar surface area (TPSA) is 0 Å². The van der Waals surface area contributed by atoms with Crippen molar-refractivity contribution in [2.75, 3.05) is 0 Å². The van der Waals surface area contributed by atoms with Gasteiger partial charge >= 0.3 is 0 Å². The number of hydrogen-bond donors (Lipinski definition) is 0. The van der Waals surface area contributed by atoms with Gasteiger partial charge in [-0.2, -0.15) is 0 Å². The predicted octanol–water partition coefficient (Wildman–Crippen LogP) is 2.31. The molecule has 1 radical (unpaired) electrons. The third-order valence-corrected chi connectivity index (χ3v) is 1.77. The summed E-state index contributed by atoms with van der Waals surface area (Å²) in [7, 11) is 0. The lowest BCUT2D eigenvalue weighted by Gasteiger charge is -1.62. The summed E-state index contributed by atoms with van der Waals surface area (Å²) in [6.45, 7) is 0. The van der Waals surface area contributed by atoms with E-state index >= 15 is 0 Å². The summed E-state index contributed by atoms with van der Waals surface area (Å²) in [4.78, 5) is 0. The van der Waals surface area contributed by atoms with Crippen LogP contribution in [-0.4, -0.2) is 0 Å². The molecule has 0 nitrogen and oxygen atoms in total. The van der Waals surface area contributed by atoms with Crippen molar-refractivity contribution in [1.82, 2.24) is 0 Å². The summed E-state index contributed by atoms with van der Waals surface area (Å²) in [5, 5.41) is 2.92. The molecule has 1 aromatic heterocycles. The average Bonchev–Trinajstić information content (AvgIpc) is 1.86. The molecule has 1 rings (SSSR count). The van der Waals surface area contributed by atoms with Crippen LogP contribution in [0.4, 0.5) is 0 Å². The van der Waals surface area contributed by atoms with Gasteiger partial charge in [-0.1, -0.05) is 0 Å². The van der Waals surface area contributed by atoms with Crippen molar-refractivity contribution in [1.29, 1.82) is 0 Å². The first-order valence-electron chi connectivity index (χ1n) is 1.51. The van der Waals surface area contributed by atoms with Gasteiger partial charge in [0.05, 0.1) is 3.79 Å². The molecule has 0 aromatic carbocycles. The molecule has 31 valence electrons. The summed E-state index contributed by atoms with van der Waals surface area (Å²) in [6.07, 6.45) is 0. The molecule has 0 fully saturated rings. The molecule has 0 bridgehead atoms. The molecule has 1 heterocycles. The highest BCUT2D eigenvalue weighted by Gasteiger charge is 1.78. The Bertz CT molecular complexity index is 111. The minimum atomic E-state index is 1.14. The summed E-state index contributed by atoms with van der Waals surface area (Å²) in [6, 6.07) is 3.85. The van der Waals surface area contributed by atoms with Gasteiger partial charge in [0.15, 0.2) is 0 Å². The lowest BCUT2D eigenvalue weighted by atomic mass is 10.7. The van der Waals surface area contributed by atoms with Crippen LogP contribution >= 0.6 is 27.3 Å². The molecule has 0 saturated carbocycles. The van der Waals surface area contributed by atoms with E-state index in [1.54, 1.807) is 11.3 Å². The Morgan fingerprint density at radius 2 is 2.67 bits per heavy atom. The standard InChI is InChI=1S/C4H2BrS/c5-4-2-1-3-6-4/h1-2H. The first kappa shape index (κ1) is 4.34. The van der Waals surface area contributed by atoms with Crippen molar-refractivity contribution < 1.29 is 0 Å². The van der Waals surface area contributed by atoms with E-state index in [1.807, 2.05) is 12.1 Å². The van der Waals surface area contributed by atoms with Crippen molar-refractivity contribution >= 4 is 27.3 Å². The van der Waals surface area contributed by atoms with Crippen LogP contribution in [0.1, 0.15) is 0 Å². The summed E-state index contributed by atoms with van der Waals surface area (Å²) >= 11 is 4.84. The van der Waals surface area contributed by atoms with E-state index in [4.69, 9.17) is 0 Å². The monoisotopic (exact) mass is 161 g/mol. The maximum absolute atomic E-state index is 3.27. The summed E-state index contributed by atoms with van der Waals surface area (Å²) < 4.78 is 1.14. The molecule has 0 saturated heterocycles. The van der Waals surface area contributed by atoms with E-state index in [1.165, 1.54) is 0 Å². The van der Waals surface area contributed by atoms with Crippen LogP contribution in [0.2, 0.25) is 0 Å². The molecule has 2 heteroatoms. The van der Waals surface area contributed by atoms with Gasteiger partial charge in [-0.3, -0.25) is 0 Å². The molecule has 0 amide bonds. The molecule has 0 atom stereocenters. The number of thiophene rings is 1. The molecular weight excluding hydrogens is 160 g/mol. The Morgan fingerprint density at radius 1 is 1.83 bits per heavy atom. The summed E-state index contributed by atoms with van der Waals surface area (Å²) in [5.74, 6) is 0. The van der Waals surface area contributed by atoms with Gasteiger partial charge < -0.3 is 0 Å². The maximum Gasteiger partial charge on any atom is 0.0705 e. The van der Waals surface area contributed by atoms with Gasteiger partial charge in [0.1, 0.15) is 0 Å². The van der Waals surface area contributed by atoms with E-state index in [9.17, 15) is 0 Å². The Kier molecular flexibility index (Phi) is 1.27. The second kappa shape index (κ2) is 1.76. The van der Waals surface area contributed by atoms with Gasteiger partial charge in [-0.25, -0.2) is 0 Å². The van der Waals surface area contributed by atoms with E-state index in [2.05, 4.69) is 21.3 Å². The molecule has 6 heavy (non-hydrogen) atoms. The van der Waals surface area contributed by atoms with E-state index < -0.39 is 0 Å². The highest BCUT2D eigenvalue weighted by molar-refractivity contribution is 9.11. The zero-order valence-electron chi connectivity index (χ0n) is 2.94. The van der Waals surface area contributed by atoms with Gasteiger partial charge in [-0.05, 0) is 28.1 Å². The van der Waals surface area contributed by atoms with Gasteiger partial charge in [0, 0.05) is 5.38 Å². The van der Waals surface area contributed by atoms with Crippen molar-refractivity contribution in [3.63, 3.8) is 0 Å². The SMILES string of the molecule is Brc1cc[c]s1. The second-order valence-corrected chi connectivity index (χ2v) is 3.12. The third kappa shape index (κ3) is 0.820. The highest BCUT2D eigenvalue weighted by Crippen LogP contribution is 2.14. The normalized spacial score (nSPS) is 8.83. The van der Waals surface area contributed by atoms with Gasteiger partial charge in [0.25, 0.3) is 0 Å². The van der Waals surface area contributed by atoms with E-state index in [0.717, 1.165) is 3.79 Å². The first-order valence-corrected chi connectivity index (χ1v) is 3.12. The lowest BCUT2D eigenvalue weighted by Crippen LogP contribution is -1.29. The summed E-state index contributed by atoms with van der Waals surface area (Å²) in [5.41, 5.74) is 0. The fourth-order valence-corrected chi connectivity index (χ4v) is 1.02. The fraction of sp³-hybridized carbons (Fsp3) is 0. The lowest BCUT2D eigenvalue weighted by molar-refractivity contribution is 1.96. The van der Waals surface area contributed by atoms with Crippen molar-refractivity contribution in [2.24, 2.45) is 0 Å². The predicted molar refractivity (Wildman–Crippen MR) is 30.9 cm³/mol. The fourth-order valence-electron chi connectivity index (χ4n) is 0.224. The quantitative estimate of drug-likeness (QED) is 0.549. The molecular formula is C4H2BrS. The number of hydrogen-bond acceptors (Lipinski definition) is 1. The van der Waals surface area contributed by atoms with Crippen molar-refractivity contribution in [3.8, 4) is 0 Å². The smallest absolute Gasteiger partial charge is 0.0705 e. The Balaban J connectivity index is 3.05. The van der Waals surface area contributed by atoms with E-state index in [0.29, 0.717) is 0 Å². The first-order chi connectivity index (χ1) is 2.89. The Morgan fingerprint density at radius 3 is 2.83 bits per heavy atom. The van der Waals surface area contributed by atoms with Crippen LogP contribution in [0.5, 0.6) is 0 Å². The Hall–Kier alpha value is 0.180. The van der Waals surface area contributed by atoms with Crippen LogP contribution in [0, 0.1) is 5.38 Å².